The van der Waals surface area contributed by atoms with Crippen molar-refractivity contribution in [2.75, 3.05) is 52.9 Å². The van der Waals surface area contributed by atoms with Crippen molar-refractivity contribution in [3.8, 4) is 0 Å². The first kappa shape index (κ1) is 21.5. The zero-order chi connectivity index (χ0) is 20.5. The third-order valence-electron chi connectivity index (χ3n) is 5.99. The van der Waals surface area contributed by atoms with Crippen LogP contribution in [0.4, 0.5) is 0 Å². The van der Waals surface area contributed by atoms with Crippen LogP contribution in [0.25, 0.3) is 0 Å². The van der Waals surface area contributed by atoms with Crippen LogP contribution in [-0.2, 0) is 17.8 Å². The van der Waals surface area contributed by atoms with Gasteiger partial charge in [0.2, 0.25) is 5.91 Å². The number of carbonyl (C=O) groups excluding carboxylic acids is 1. The second-order valence-electron chi connectivity index (χ2n) is 7.87. The van der Waals surface area contributed by atoms with Crippen LogP contribution in [0.15, 0.2) is 11.3 Å². The van der Waals surface area contributed by atoms with Crippen molar-refractivity contribution >= 4 is 11.9 Å². The van der Waals surface area contributed by atoms with Crippen molar-refractivity contribution in [3.05, 3.63) is 12.2 Å². The molecule has 1 aliphatic heterocycles. The maximum atomic E-state index is 12.5. The van der Waals surface area contributed by atoms with Crippen LogP contribution in [0, 0.1) is 5.92 Å². The van der Waals surface area contributed by atoms with E-state index in [0.717, 1.165) is 83.4 Å². The molecule has 1 aliphatic carbocycles. The summed E-state index contributed by atoms with van der Waals surface area (Å²) in [7, 11) is 1.79. The van der Waals surface area contributed by atoms with Crippen molar-refractivity contribution in [2.24, 2.45) is 10.9 Å². The van der Waals surface area contributed by atoms with Gasteiger partial charge < -0.3 is 20.1 Å². The second kappa shape index (κ2) is 11.1. The summed E-state index contributed by atoms with van der Waals surface area (Å²) in [6, 6.07) is 0. The summed E-state index contributed by atoms with van der Waals surface area (Å²) in [6.45, 7) is 9.10. The number of carbonyl (C=O) groups is 1. The average Bonchev–Trinajstić information content (AvgIpc) is 3.44. The topological polar surface area (TPSA) is 90.7 Å². The zero-order valence-corrected chi connectivity index (χ0v) is 17.9. The molecule has 9 nitrogen and oxygen atoms in total. The highest BCUT2D eigenvalue weighted by Crippen LogP contribution is 2.26. The number of guanidine groups is 1. The van der Waals surface area contributed by atoms with Gasteiger partial charge in [-0.15, -0.1) is 10.2 Å². The predicted molar refractivity (Wildman–Crippen MR) is 114 cm³/mol. The maximum Gasteiger partial charge on any atom is 0.225 e. The minimum Gasteiger partial charge on any atom is -0.355 e. The first-order valence-electron chi connectivity index (χ1n) is 11.0. The number of nitrogens with one attached hydrogen (secondary N) is 2. The molecule has 3 rings (SSSR count). The second-order valence-corrected chi connectivity index (χ2v) is 7.87. The van der Waals surface area contributed by atoms with E-state index in [1.165, 1.54) is 12.8 Å². The van der Waals surface area contributed by atoms with E-state index in [4.69, 9.17) is 0 Å². The number of aliphatic imine (C=N–C) groups is 1. The van der Waals surface area contributed by atoms with E-state index < -0.39 is 0 Å². The predicted octanol–water partition coefficient (Wildman–Crippen LogP) is 0.340. The Morgan fingerprint density at radius 1 is 1.14 bits per heavy atom. The fourth-order valence-corrected chi connectivity index (χ4v) is 4.21. The van der Waals surface area contributed by atoms with E-state index in [2.05, 4.69) is 47.1 Å². The first-order valence-corrected chi connectivity index (χ1v) is 11.0. The normalized spacial score (nSPS) is 19.0. The van der Waals surface area contributed by atoms with Crippen molar-refractivity contribution < 1.29 is 4.79 Å². The Bertz CT molecular complexity index is 659. The number of rotatable bonds is 8. The molecule has 1 amide bonds. The van der Waals surface area contributed by atoms with Gasteiger partial charge in [0.05, 0.1) is 0 Å². The van der Waals surface area contributed by atoms with Gasteiger partial charge in [0.25, 0.3) is 0 Å². The van der Waals surface area contributed by atoms with Crippen LogP contribution in [0.3, 0.4) is 0 Å². The molecule has 9 heteroatoms. The Kier molecular flexibility index (Phi) is 8.27. The summed E-state index contributed by atoms with van der Waals surface area (Å²) in [5, 5.41) is 14.8. The van der Waals surface area contributed by atoms with Gasteiger partial charge in [-0.3, -0.25) is 14.7 Å². The van der Waals surface area contributed by atoms with Crippen molar-refractivity contribution in [1.29, 1.82) is 0 Å². The Balaban J connectivity index is 1.29. The molecule has 2 N–H and O–H groups in total. The van der Waals surface area contributed by atoms with Crippen molar-refractivity contribution in [3.63, 3.8) is 0 Å². The SMILES string of the molecule is CCc1nncn1CCNC(=NC)NCCN1CCN(C(=O)C2CCCC2)CC1. The third-order valence-corrected chi connectivity index (χ3v) is 5.99. The van der Waals surface area contributed by atoms with Gasteiger partial charge in [0.1, 0.15) is 12.2 Å². The minimum absolute atomic E-state index is 0.295. The lowest BCUT2D eigenvalue weighted by molar-refractivity contribution is -0.137. The molecule has 2 fully saturated rings. The van der Waals surface area contributed by atoms with E-state index in [0.29, 0.717) is 11.8 Å². The molecule has 0 spiro atoms. The fourth-order valence-electron chi connectivity index (χ4n) is 4.21. The van der Waals surface area contributed by atoms with Crippen LogP contribution in [0.1, 0.15) is 38.4 Å². The van der Waals surface area contributed by atoms with Gasteiger partial charge in [-0.05, 0) is 12.8 Å². The van der Waals surface area contributed by atoms with Gasteiger partial charge in [-0.1, -0.05) is 19.8 Å². The highest BCUT2D eigenvalue weighted by Gasteiger charge is 2.29. The molecule has 0 atom stereocenters. The van der Waals surface area contributed by atoms with Gasteiger partial charge >= 0.3 is 0 Å². The Hall–Kier alpha value is -2.16. The van der Waals surface area contributed by atoms with Gasteiger partial charge in [-0.25, -0.2) is 0 Å². The van der Waals surface area contributed by atoms with E-state index in [9.17, 15) is 4.79 Å². The molecule has 0 radical (unpaired) electrons. The maximum absolute atomic E-state index is 12.5. The molecule has 1 aromatic rings. The largest absolute Gasteiger partial charge is 0.355 e. The quantitative estimate of drug-likeness (QED) is 0.480. The summed E-state index contributed by atoms with van der Waals surface area (Å²) < 4.78 is 2.06. The Morgan fingerprint density at radius 3 is 2.48 bits per heavy atom. The lowest BCUT2D eigenvalue weighted by Gasteiger charge is -2.36. The Labute approximate surface area is 173 Å². The standard InChI is InChI=1S/C20H36N8O/c1-3-18-25-24-16-28(18)11-9-23-20(21-2)22-8-10-26-12-14-27(15-13-26)19(29)17-6-4-5-7-17/h16-17H,3-15H2,1-2H3,(H2,21,22,23). The summed E-state index contributed by atoms with van der Waals surface area (Å²) in [4.78, 5) is 21.3. The number of piperazine rings is 1. The van der Waals surface area contributed by atoms with Crippen molar-refractivity contribution in [1.82, 2.24) is 35.2 Å². The molecule has 1 saturated heterocycles. The molecule has 162 valence electrons. The number of aryl methyl sites for hydroxylation is 1. The smallest absolute Gasteiger partial charge is 0.225 e. The molecule has 1 aromatic heterocycles. The molecule has 0 bridgehead atoms. The number of hydrogen-bond acceptors (Lipinski definition) is 5. The molecule has 29 heavy (non-hydrogen) atoms. The van der Waals surface area contributed by atoms with Crippen LogP contribution in [0.2, 0.25) is 0 Å². The number of nitrogens with zero attached hydrogens (tertiary/aromatic N) is 6. The lowest BCUT2D eigenvalue weighted by atomic mass is 10.1. The minimum atomic E-state index is 0.295. The molecule has 2 aliphatic rings. The average molecular weight is 405 g/mol. The van der Waals surface area contributed by atoms with Gasteiger partial charge in [0.15, 0.2) is 5.96 Å². The Morgan fingerprint density at radius 2 is 1.83 bits per heavy atom. The van der Waals surface area contributed by atoms with Crippen LogP contribution in [0.5, 0.6) is 0 Å². The summed E-state index contributed by atoms with van der Waals surface area (Å²) in [6.07, 6.45) is 7.27. The highest BCUT2D eigenvalue weighted by molar-refractivity contribution is 5.79. The molecule has 2 heterocycles. The summed E-state index contributed by atoms with van der Waals surface area (Å²) in [5.74, 6) is 2.50. The monoisotopic (exact) mass is 404 g/mol. The van der Waals surface area contributed by atoms with Crippen LogP contribution in [-0.4, -0.2) is 89.3 Å². The van der Waals surface area contributed by atoms with E-state index in [-0.39, 0.29) is 0 Å². The number of amides is 1. The molecule has 0 aromatic carbocycles. The first-order chi connectivity index (χ1) is 14.2. The molecule has 1 saturated carbocycles. The third kappa shape index (κ3) is 6.16. The van der Waals surface area contributed by atoms with E-state index in [1.54, 1.807) is 13.4 Å². The fraction of sp³-hybridized carbons (Fsp3) is 0.800. The molecular weight excluding hydrogens is 368 g/mol. The van der Waals surface area contributed by atoms with Gasteiger partial charge in [0, 0.05) is 71.7 Å². The molecule has 0 unspecified atom stereocenters. The van der Waals surface area contributed by atoms with E-state index in [1.807, 2.05) is 0 Å². The summed E-state index contributed by atoms with van der Waals surface area (Å²) >= 11 is 0. The zero-order valence-electron chi connectivity index (χ0n) is 17.9. The summed E-state index contributed by atoms with van der Waals surface area (Å²) in [5.41, 5.74) is 0. The molecular formula is C20H36N8O. The van der Waals surface area contributed by atoms with Crippen molar-refractivity contribution in [2.45, 2.75) is 45.6 Å². The number of aromatic nitrogens is 3. The lowest BCUT2D eigenvalue weighted by Crippen LogP contribution is -2.52. The van der Waals surface area contributed by atoms with E-state index >= 15 is 0 Å². The van der Waals surface area contributed by atoms with Crippen LogP contribution < -0.4 is 10.6 Å². The highest BCUT2D eigenvalue weighted by atomic mass is 16.2. The van der Waals surface area contributed by atoms with Gasteiger partial charge in [-0.2, -0.15) is 0 Å². The van der Waals surface area contributed by atoms with Crippen LogP contribution >= 0.6 is 0 Å². The number of hydrogen-bond donors (Lipinski definition) is 2.